The molecule has 5 heteroatoms. The van der Waals surface area contributed by atoms with Gasteiger partial charge in [-0.05, 0) is 19.1 Å². The van der Waals surface area contributed by atoms with Gasteiger partial charge in [0.25, 0.3) is 0 Å². The third-order valence-electron chi connectivity index (χ3n) is 2.15. The Labute approximate surface area is 97.7 Å². The smallest absolute Gasteiger partial charge is 0.165 e. The van der Waals surface area contributed by atoms with Crippen LogP contribution in [0, 0.1) is 0 Å². The standard InChI is InChI=1S/C10H9Cl2N3/c1-2-15-6-13-14-10(15)7-4-3-5-8(11)9(7)12/h3-6H,2H2,1H3. The van der Waals surface area contributed by atoms with Crippen molar-refractivity contribution >= 4 is 23.2 Å². The molecule has 2 aromatic rings. The molecule has 0 saturated heterocycles. The lowest BCUT2D eigenvalue weighted by molar-refractivity contribution is 0.767. The van der Waals surface area contributed by atoms with E-state index in [1.54, 1.807) is 12.4 Å². The predicted molar refractivity (Wildman–Crippen MR) is 61.2 cm³/mol. The molecular weight excluding hydrogens is 233 g/mol. The van der Waals surface area contributed by atoms with Crippen molar-refractivity contribution < 1.29 is 0 Å². The molecule has 1 heterocycles. The topological polar surface area (TPSA) is 30.7 Å². The number of aryl methyl sites for hydroxylation is 1. The van der Waals surface area contributed by atoms with Crippen LogP contribution in [0.1, 0.15) is 6.92 Å². The molecule has 15 heavy (non-hydrogen) atoms. The van der Waals surface area contributed by atoms with Crippen LogP contribution in [-0.4, -0.2) is 14.8 Å². The van der Waals surface area contributed by atoms with Crippen molar-refractivity contribution in [2.24, 2.45) is 0 Å². The number of nitrogens with zero attached hydrogens (tertiary/aromatic N) is 3. The minimum absolute atomic E-state index is 0.516. The molecule has 0 unspecified atom stereocenters. The fourth-order valence-corrected chi connectivity index (χ4v) is 1.76. The molecule has 0 atom stereocenters. The number of halogens is 2. The zero-order chi connectivity index (χ0) is 10.8. The molecule has 0 amide bonds. The summed E-state index contributed by atoms with van der Waals surface area (Å²) in [5.74, 6) is 0.741. The molecule has 2 rings (SSSR count). The molecule has 0 aliphatic rings. The van der Waals surface area contributed by atoms with Crippen LogP contribution in [0.15, 0.2) is 24.5 Å². The van der Waals surface area contributed by atoms with Gasteiger partial charge in [-0.1, -0.05) is 29.3 Å². The lowest BCUT2D eigenvalue weighted by Gasteiger charge is -2.05. The number of benzene rings is 1. The second-order valence-electron chi connectivity index (χ2n) is 3.04. The Kier molecular flexibility index (Phi) is 2.93. The van der Waals surface area contributed by atoms with Crippen LogP contribution in [0.5, 0.6) is 0 Å². The first-order chi connectivity index (χ1) is 7.24. The van der Waals surface area contributed by atoms with Crippen LogP contribution in [0.2, 0.25) is 10.0 Å². The van der Waals surface area contributed by atoms with E-state index in [4.69, 9.17) is 23.2 Å². The number of rotatable bonds is 2. The first-order valence-corrected chi connectivity index (χ1v) is 5.31. The van der Waals surface area contributed by atoms with Crippen molar-refractivity contribution in [3.05, 3.63) is 34.6 Å². The van der Waals surface area contributed by atoms with Gasteiger partial charge in [-0.2, -0.15) is 0 Å². The average Bonchev–Trinajstić information content (AvgIpc) is 2.70. The Hall–Kier alpha value is -1.06. The minimum Gasteiger partial charge on any atom is -0.314 e. The highest BCUT2D eigenvalue weighted by atomic mass is 35.5. The van der Waals surface area contributed by atoms with Crippen molar-refractivity contribution in [3.8, 4) is 11.4 Å². The van der Waals surface area contributed by atoms with Crippen LogP contribution in [0.4, 0.5) is 0 Å². The molecule has 0 spiro atoms. The van der Waals surface area contributed by atoms with Gasteiger partial charge in [-0.25, -0.2) is 0 Å². The van der Waals surface area contributed by atoms with Gasteiger partial charge in [0.05, 0.1) is 10.0 Å². The Balaban J connectivity index is 2.59. The molecule has 0 aliphatic carbocycles. The molecule has 78 valence electrons. The SMILES string of the molecule is CCn1cnnc1-c1cccc(Cl)c1Cl. The van der Waals surface area contributed by atoms with E-state index in [-0.39, 0.29) is 0 Å². The summed E-state index contributed by atoms with van der Waals surface area (Å²) in [5, 5.41) is 8.92. The fourth-order valence-electron chi connectivity index (χ4n) is 1.37. The first-order valence-electron chi connectivity index (χ1n) is 4.56. The highest BCUT2D eigenvalue weighted by Crippen LogP contribution is 2.32. The summed E-state index contributed by atoms with van der Waals surface area (Å²) < 4.78 is 1.91. The monoisotopic (exact) mass is 241 g/mol. The third kappa shape index (κ3) is 1.85. The summed E-state index contributed by atoms with van der Waals surface area (Å²) in [6.45, 7) is 2.82. The Bertz CT molecular complexity index is 479. The van der Waals surface area contributed by atoms with Crippen molar-refractivity contribution in [1.82, 2.24) is 14.8 Å². The first kappa shape index (κ1) is 10.5. The maximum Gasteiger partial charge on any atom is 0.165 e. The molecular formula is C10H9Cl2N3. The highest BCUT2D eigenvalue weighted by molar-refractivity contribution is 6.43. The van der Waals surface area contributed by atoms with E-state index in [0.717, 1.165) is 17.9 Å². The lowest BCUT2D eigenvalue weighted by Crippen LogP contribution is -1.96. The molecule has 1 aromatic heterocycles. The van der Waals surface area contributed by atoms with Crippen molar-refractivity contribution in [3.63, 3.8) is 0 Å². The van der Waals surface area contributed by atoms with Crippen LogP contribution < -0.4 is 0 Å². The zero-order valence-corrected chi connectivity index (χ0v) is 9.63. The van der Waals surface area contributed by atoms with Crippen molar-refractivity contribution in [2.75, 3.05) is 0 Å². The Morgan fingerprint density at radius 2 is 2.13 bits per heavy atom. The van der Waals surface area contributed by atoms with Gasteiger partial charge in [0.2, 0.25) is 0 Å². The highest BCUT2D eigenvalue weighted by Gasteiger charge is 2.11. The Morgan fingerprint density at radius 1 is 1.33 bits per heavy atom. The quantitative estimate of drug-likeness (QED) is 0.809. The molecule has 0 N–H and O–H groups in total. The van der Waals surface area contributed by atoms with E-state index < -0.39 is 0 Å². The zero-order valence-electron chi connectivity index (χ0n) is 8.11. The molecule has 0 fully saturated rings. The van der Waals surface area contributed by atoms with E-state index in [1.165, 1.54) is 0 Å². The van der Waals surface area contributed by atoms with E-state index >= 15 is 0 Å². The maximum atomic E-state index is 6.10. The van der Waals surface area contributed by atoms with E-state index in [1.807, 2.05) is 23.6 Å². The molecule has 0 radical (unpaired) electrons. The third-order valence-corrected chi connectivity index (χ3v) is 2.97. The van der Waals surface area contributed by atoms with Crippen LogP contribution in [0.25, 0.3) is 11.4 Å². The largest absolute Gasteiger partial charge is 0.314 e. The van der Waals surface area contributed by atoms with Crippen LogP contribution >= 0.6 is 23.2 Å². The summed E-state index contributed by atoms with van der Waals surface area (Å²) in [6, 6.07) is 5.47. The van der Waals surface area contributed by atoms with E-state index in [9.17, 15) is 0 Å². The van der Waals surface area contributed by atoms with E-state index in [0.29, 0.717) is 10.0 Å². The van der Waals surface area contributed by atoms with Gasteiger partial charge in [-0.15, -0.1) is 10.2 Å². The van der Waals surface area contributed by atoms with Gasteiger partial charge in [0.15, 0.2) is 5.82 Å². The van der Waals surface area contributed by atoms with Gasteiger partial charge < -0.3 is 4.57 Å². The van der Waals surface area contributed by atoms with Gasteiger partial charge in [0, 0.05) is 12.1 Å². The van der Waals surface area contributed by atoms with Gasteiger partial charge in [0.1, 0.15) is 6.33 Å². The summed E-state index contributed by atoms with van der Waals surface area (Å²) in [5.41, 5.74) is 0.809. The lowest BCUT2D eigenvalue weighted by atomic mass is 10.2. The summed E-state index contributed by atoms with van der Waals surface area (Å²) in [4.78, 5) is 0. The minimum atomic E-state index is 0.516. The second kappa shape index (κ2) is 4.21. The second-order valence-corrected chi connectivity index (χ2v) is 3.83. The number of aromatic nitrogens is 3. The van der Waals surface area contributed by atoms with E-state index in [2.05, 4.69) is 10.2 Å². The summed E-state index contributed by atoms with van der Waals surface area (Å²) in [7, 11) is 0. The summed E-state index contributed by atoms with van der Waals surface area (Å²) in [6.07, 6.45) is 1.67. The molecule has 3 nitrogen and oxygen atoms in total. The molecule has 0 saturated carbocycles. The van der Waals surface area contributed by atoms with Crippen molar-refractivity contribution in [2.45, 2.75) is 13.5 Å². The maximum absolute atomic E-state index is 6.10. The van der Waals surface area contributed by atoms with Gasteiger partial charge in [-0.3, -0.25) is 0 Å². The van der Waals surface area contributed by atoms with Crippen LogP contribution in [0.3, 0.4) is 0 Å². The molecule has 0 bridgehead atoms. The van der Waals surface area contributed by atoms with Gasteiger partial charge >= 0.3 is 0 Å². The molecule has 1 aromatic carbocycles. The Morgan fingerprint density at radius 3 is 2.87 bits per heavy atom. The van der Waals surface area contributed by atoms with Crippen molar-refractivity contribution in [1.29, 1.82) is 0 Å². The normalized spacial score (nSPS) is 10.6. The van der Waals surface area contributed by atoms with Crippen LogP contribution in [-0.2, 0) is 6.54 Å². The predicted octanol–water partition coefficient (Wildman–Crippen LogP) is 3.27. The fraction of sp³-hybridized carbons (Fsp3) is 0.200. The number of hydrogen-bond acceptors (Lipinski definition) is 2. The number of hydrogen-bond donors (Lipinski definition) is 0. The molecule has 0 aliphatic heterocycles. The summed E-state index contributed by atoms with van der Waals surface area (Å²) >= 11 is 12.0. The average molecular weight is 242 g/mol.